The number of para-hydroxylation sites is 2. The summed E-state index contributed by atoms with van der Waals surface area (Å²) in [5, 5.41) is 21.0. The molecule has 1 heterocycles. The van der Waals surface area contributed by atoms with Crippen molar-refractivity contribution in [1.82, 2.24) is 9.13 Å². The van der Waals surface area contributed by atoms with Crippen molar-refractivity contribution in [3.8, 4) is 0 Å². The van der Waals surface area contributed by atoms with Gasteiger partial charge < -0.3 is 14.2 Å². The van der Waals surface area contributed by atoms with Crippen LogP contribution in [0.4, 0.5) is 0 Å². The molecule has 0 bridgehead atoms. The number of benzene rings is 3. The number of rotatable bonds is 5. The number of hydrogen-bond acceptors (Lipinski definition) is 2. The number of hydrogen-bond donors (Lipinski definition) is 2. The summed E-state index contributed by atoms with van der Waals surface area (Å²) in [5.41, 5.74) is 3.63. The zero-order valence-electron chi connectivity index (χ0n) is 15.3. The van der Waals surface area contributed by atoms with Crippen LogP contribution in [-0.2, 0) is 13.1 Å². The number of halogens is 3. The van der Waals surface area contributed by atoms with E-state index in [4.69, 9.17) is 40.2 Å². The van der Waals surface area contributed by atoms with Gasteiger partial charge in [0.1, 0.15) is 0 Å². The highest BCUT2D eigenvalue weighted by atomic mass is 35.5. The molecule has 0 aliphatic heterocycles. The standard InChI is InChI=1S/C22H18Cl3N3O/c23-16-6-2-1-5-15(16)12-27-19-7-3-4-8-20(19)28(22(27)26)13-21(29)14-9-10-17(24)18(25)11-14/h1-11,21,26,29H,12-13H2/t21-/m0/s1. The van der Waals surface area contributed by atoms with Gasteiger partial charge in [-0.05, 0) is 41.5 Å². The quantitative estimate of drug-likeness (QED) is 0.408. The zero-order valence-corrected chi connectivity index (χ0v) is 17.6. The van der Waals surface area contributed by atoms with E-state index in [0.29, 0.717) is 27.2 Å². The lowest BCUT2D eigenvalue weighted by atomic mass is 10.1. The lowest BCUT2D eigenvalue weighted by Gasteiger charge is -2.13. The van der Waals surface area contributed by atoms with E-state index in [1.54, 1.807) is 22.8 Å². The van der Waals surface area contributed by atoms with E-state index >= 15 is 0 Å². The summed E-state index contributed by atoms with van der Waals surface area (Å²) >= 11 is 18.4. The van der Waals surface area contributed by atoms with Gasteiger partial charge in [0.25, 0.3) is 0 Å². The van der Waals surface area contributed by atoms with E-state index in [0.717, 1.165) is 16.6 Å². The van der Waals surface area contributed by atoms with E-state index in [-0.39, 0.29) is 12.2 Å². The monoisotopic (exact) mass is 445 g/mol. The molecule has 148 valence electrons. The normalized spacial score (nSPS) is 12.4. The zero-order chi connectivity index (χ0) is 20.5. The van der Waals surface area contributed by atoms with Gasteiger partial charge in [0, 0.05) is 5.02 Å². The maximum absolute atomic E-state index is 10.8. The van der Waals surface area contributed by atoms with Crippen LogP contribution in [0.25, 0.3) is 11.0 Å². The average molecular weight is 447 g/mol. The fourth-order valence-electron chi connectivity index (χ4n) is 3.43. The summed E-state index contributed by atoms with van der Waals surface area (Å²) in [5.74, 6) is 0. The second kappa shape index (κ2) is 8.25. The molecular formula is C22H18Cl3N3O. The highest BCUT2D eigenvalue weighted by Gasteiger charge is 2.16. The van der Waals surface area contributed by atoms with Crippen molar-refractivity contribution in [1.29, 1.82) is 5.41 Å². The van der Waals surface area contributed by atoms with E-state index in [9.17, 15) is 5.11 Å². The number of aliphatic hydroxyl groups is 1. The summed E-state index contributed by atoms with van der Waals surface area (Å²) < 4.78 is 3.68. The Labute approximate surface area is 183 Å². The van der Waals surface area contributed by atoms with Crippen LogP contribution in [0.5, 0.6) is 0 Å². The minimum Gasteiger partial charge on any atom is -0.387 e. The fraction of sp³-hybridized carbons (Fsp3) is 0.136. The first-order valence-corrected chi connectivity index (χ1v) is 10.2. The van der Waals surface area contributed by atoms with Gasteiger partial charge in [0.2, 0.25) is 5.62 Å². The Hall–Kier alpha value is -2.24. The van der Waals surface area contributed by atoms with Gasteiger partial charge in [0.15, 0.2) is 0 Å². The van der Waals surface area contributed by atoms with Crippen LogP contribution in [0.2, 0.25) is 15.1 Å². The van der Waals surface area contributed by atoms with Gasteiger partial charge in [-0.2, -0.15) is 0 Å². The third-order valence-electron chi connectivity index (χ3n) is 4.94. The van der Waals surface area contributed by atoms with Crippen molar-refractivity contribution in [3.05, 3.63) is 98.5 Å². The smallest absolute Gasteiger partial charge is 0.203 e. The molecule has 4 nitrogen and oxygen atoms in total. The van der Waals surface area contributed by atoms with Crippen LogP contribution in [0.15, 0.2) is 66.7 Å². The number of nitrogens with zero attached hydrogens (tertiary/aromatic N) is 2. The lowest BCUT2D eigenvalue weighted by Crippen LogP contribution is -2.27. The molecule has 0 aliphatic rings. The number of nitrogens with one attached hydrogen (secondary N) is 1. The van der Waals surface area contributed by atoms with Crippen molar-refractivity contribution in [2.45, 2.75) is 19.2 Å². The molecule has 0 aliphatic carbocycles. The molecule has 0 radical (unpaired) electrons. The van der Waals surface area contributed by atoms with Gasteiger partial charge in [-0.25, -0.2) is 0 Å². The van der Waals surface area contributed by atoms with Gasteiger partial charge in [-0.3, -0.25) is 5.41 Å². The molecule has 0 fully saturated rings. The summed E-state index contributed by atoms with van der Waals surface area (Å²) in [4.78, 5) is 0. The van der Waals surface area contributed by atoms with Crippen molar-refractivity contribution in [2.24, 2.45) is 0 Å². The number of imidazole rings is 1. The molecule has 1 aromatic heterocycles. The maximum Gasteiger partial charge on any atom is 0.203 e. The van der Waals surface area contributed by atoms with Crippen LogP contribution in [0, 0.1) is 5.41 Å². The summed E-state index contributed by atoms with van der Waals surface area (Å²) in [6.07, 6.45) is -0.835. The third kappa shape index (κ3) is 3.94. The lowest BCUT2D eigenvalue weighted by molar-refractivity contribution is 0.156. The first-order chi connectivity index (χ1) is 14.0. The van der Waals surface area contributed by atoms with Gasteiger partial charge in [-0.1, -0.05) is 71.2 Å². The van der Waals surface area contributed by atoms with Gasteiger partial charge >= 0.3 is 0 Å². The molecule has 4 aromatic rings. The molecule has 2 N–H and O–H groups in total. The van der Waals surface area contributed by atoms with E-state index in [1.165, 1.54) is 0 Å². The molecule has 0 spiro atoms. The molecule has 0 saturated carbocycles. The summed E-state index contributed by atoms with van der Waals surface area (Å²) in [6, 6.07) is 20.4. The molecular weight excluding hydrogens is 429 g/mol. The Morgan fingerprint density at radius 1 is 0.793 bits per heavy atom. The first-order valence-electron chi connectivity index (χ1n) is 9.05. The minimum atomic E-state index is -0.835. The third-order valence-corrected chi connectivity index (χ3v) is 6.05. The minimum absolute atomic E-state index is 0.215. The van der Waals surface area contributed by atoms with Gasteiger partial charge in [-0.15, -0.1) is 0 Å². The van der Waals surface area contributed by atoms with Crippen LogP contribution >= 0.6 is 34.8 Å². The Morgan fingerprint density at radius 3 is 2.14 bits per heavy atom. The van der Waals surface area contributed by atoms with E-state index < -0.39 is 6.10 Å². The highest BCUT2D eigenvalue weighted by molar-refractivity contribution is 6.42. The van der Waals surface area contributed by atoms with Crippen molar-refractivity contribution in [3.63, 3.8) is 0 Å². The van der Waals surface area contributed by atoms with Crippen LogP contribution in [-0.4, -0.2) is 14.2 Å². The average Bonchev–Trinajstić information content (AvgIpc) is 2.97. The van der Waals surface area contributed by atoms with Gasteiger partial charge in [0.05, 0.1) is 40.3 Å². The predicted octanol–water partition coefficient (Wildman–Crippen LogP) is 5.66. The molecule has 1 atom stereocenters. The molecule has 4 rings (SSSR count). The molecule has 3 aromatic carbocycles. The van der Waals surface area contributed by atoms with E-state index in [1.807, 2.05) is 53.1 Å². The Bertz CT molecular complexity index is 1250. The summed E-state index contributed by atoms with van der Waals surface area (Å²) in [7, 11) is 0. The predicted molar refractivity (Wildman–Crippen MR) is 118 cm³/mol. The molecule has 29 heavy (non-hydrogen) atoms. The van der Waals surface area contributed by atoms with Crippen LogP contribution in [0.3, 0.4) is 0 Å². The topological polar surface area (TPSA) is 53.9 Å². The van der Waals surface area contributed by atoms with Crippen LogP contribution < -0.4 is 5.62 Å². The molecule has 0 saturated heterocycles. The summed E-state index contributed by atoms with van der Waals surface area (Å²) in [6.45, 7) is 0.682. The van der Waals surface area contributed by atoms with E-state index in [2.05, 4.69) is 0 Å². The van der Waals surface area contributed by atoms with Crippen LogP contribution in [0.1, 0.15) is 17.2 Å². The van der Waals surface area contributed by atoms with Crippen molar-refractivity contribution < 1.29 is 5.11 Å². The second-order valence-corrected chi connectivity index (χ2v) is 8.01. The number of aliphatic hydroxyl groups excluding tert-OH is 1. The number of fused-ring (bicyclic) bond motifs is 1. The second-order valence-electron chi connectivity index (χ2n) is 6.79. The van der Waals surface area contributed by atoms with Crippen molar-refractivity contribution in [2.75, 3.05) is 0 Å². The Kier molecular flexibility index (Phi) is 5.70. The Morgan fingerprint density at radius 2 is 1.45 bits per heavy atom. The van der Waals surface area contributed by atoms with Crippen molar-refractivity contribution >= 4 is 45.8 Å². The number of aromatic nitrogens is 2. The molecule has 0 unspecified atom stereocenters. The molecule has 7 heteroatoms. The first kappa shape index (κ1) is 20.0. The SMILES string of the molecule is N=c1n(Cc2ccccc2Cl)c2ccccc2n1C[C@H](O)c1ccc(Cl)c(Cl)c1. The highest BCUT2D eigenvalue weighted by Crippen LogP contribution is 2.27. The Balaban J connectivity index is 1.75. The maximum atomic E-state index is 10.8. The molecule has 0 amide bonds. The largest absolute Gasteiger partial charge is 0.387 e. The fourth-order valence-corrected chi connectivity index (χ4v) is 3.94.